The predicted molar refractivity (Wildman–Crippen MR) is 81.0 cm³/mol. The molecule has 1 aromatic carbocycles. The number of nitrogens with one attached hydrogen (secondary N) is 1. The largest absolute Gasteiger partial charge is 0.494 e. The highest BCUT2D eigenvalue weighted by Crippen LogP contribution is 2.33. The van der Waals surface area contributed by atoms with E-state index < -0.39 is 9.84 Å². The van der Waals surface area contributed by atoms with Crippen molar-refractivity contribution in [2.75, 3.05) is 25.2 Å². The summed E-state index contributed by atoms with van der Waals surface area (Å²) in [5, 5.41) is 3.48. The maximum absolute atomic E-state index is 11.0. The number of benzene rings is 1. The molecule has 0 fully saturated rings. The van der Waals surface area contributed by atoms with Crippen LogP contribution in [0.2, 0.25) is 0 Å². The molecule has 4 nitrogen and oxygen atoms in total. The van der Waals surface area contributed by atoms with Gasteiger partial charge in [0, 0.05) is 12.3 Å². The van der Waals surface area contributed by atoms with Gasteiger partial charge in [-0.25, -0.2) is 8.42 Å². The maximum atomic E-state index is 11.0. The molecule has 0 amide bonds. The first-order chi connectivity index (χ1) is 9.49. The minimum absolute atomic E-state index is 0.181. The van der Waals surface area contributed by atoms with Crippen LogP contribution in [-0.4, -0.2) is 33.6 Å². The molecule has 1 aromatic rings. The summed E-state index contributed by atoms with van der Waals surface area (Å²) in [6.45, 7) is 3.55. The quantitative estimate of drug-likeness (QED) is 0.783. The molecule has 0 aromatic heterocycles. The average molecular weight is 297 g/mol. The minimum atomic E-state index is -2.89. The Balaban J connectivity index is 1.89. The fraction of sp³-hybridized carbons (Fsp3) is 0.600. The normalized spacial score (nSPS) is 18.0. The second-order valence-corrected chi connectivity index (χ2v) is 7.60. The monoisotopic (exact) mass is 297 g/mol. The van der Waals surface area contributed by atoms with Gasteiger partial charge < -0.3 is 10.1 Å². The van der Waals surface area contributed by atoms with E-state index in [0.29, 0.717) is 19.1 Å². The van der Waals surface area contributed by atoms with Gasteiger partial charge in [-0.1, -0.05) is 13.0 Å². The van der Waals surface area contributed by atoms with Crippen LogP contribution in [0, 0.1) is 0 Å². The van der Waals surface area contributed by atoms with Crippen LogP contribution in [0.15, 0.2) is 18.2 Å². The van der Waals surface area contributed by atoms with Crippen LogP contribution in [0.1, 0.15) is 36.9 Å². The summed E-state index contributed by atoms with van der Waals surface area (Å²) >= 11 is 0. The number of ether oxygens (including phenoxy) is 1. The Morgan fingerprint density at radius 1 is 1.40 bits per heavy atom. The molecule has 1 unspecified atom stereocenters. The first-order valence-electron chi connectivity index (χ1n) is 7.16. The standard InChI is InChI=1S/C15H23NO3S/c1-3-16-15-8-5-12-11-13(6-7-14(12)15)19-9-4-10-20(2,17)18/h6-7,11,15-16H,3-5,8-10H2,1-2H3. The highest BCUT2D eigenvalue weighted by molar-refractivity contribution is 7.90. The Morgan fingerprint density at radius 3 is 2.90 bits per heavy atom. The number of aryl methyl sites for hydroxylation is 1. The molecule has 20 heavy (non-hydrogen) atoms. The second kappa shape index (κ2) is 6.59. The van der Waals surface area contributed by atoms with E-state index in [2.05, 4.69) is 24.4 Å². The van der Waals surface area contributed by atoms with Crippen LogP contribution in [0.3, 0.4) is 0 Å². The van der Waals surface area contributed by atoms with Crippen molar-refractivity contribution in [2.24, 2.45) is 0 Å². The van der Waals surface area contributed by atoms with Crippen molar-refractivity contribution in [3.63, 3.8) is 0 Å². The molecule has 0 heterocycles. The van der Waals surface area contributed by atoms with Crippen molar-refractivity contribution in [3.05, 3.63) is 29.3 Å². The minimum Gasteiger partial charge on any atom is -0.494 e. The van der Waals surface area contributed by atoms with Crippen LogP contribution >= 0.6 is 0 Å². The van der Waals surface area contributed by atoms with E-state index in [4.69, 9.17) is 4.74 Å². The molecule has 0 saturated carbocycles. The molecule has 1 atom stereocenters. The van der Waals surface area contributed by atoms with Crippen molar-refractivity contribution in [1.29, 1.82) is 0 Å². The van der Waals surface area contributed by atoms with E-state index in [-0.39, 0.29) is 5.75 Å². The molecule has 2 rings (SSSR count). The number of rotatable bonds is 7. The zero-order valence-corrected chi connectivity index (χ0v) is 13.0. The van der Waals surface area contributed by atoms with E-state index in [9.17, 15) is 8.42 Å². The third-order valence-electron chi connectivity index (χ3n) is 3.57. The van der Waals surface area contributed by atoms with Gasteiger partial charge in [0.2, 0.25) is 0 Å². The molecule has 112 valence electrons. The van der Waals surface area contributed by atoms with Crippen LogP contribution in [-0.2, 0) is 16.3 Å². The summed E-state index contributed by atoms with van der Waals surface area (Å²) in [7, 11) is -2.89. The van der Waals surface area contributed by atoms with Crippen molar-refractivity contribution in [1.82, 2.24) is 5.32 Å². The Hall–Kier alpha value is -1.07. The third kappa shape index (κ3) is 4.21. The summed E-state index contributed by atoms with van der Waals surface area (Å²) in [6.07, 6.45) is 4.01. The van der Waals surface area contributed by atoms with Crippen LogP contribution < -0.4 is 10.1 Å². The lowest BCUT2D eigenvalue weighted by Crippen LogP contribution is -2.18. The summed E-state index contributed by atoms with van der Waals surface area (Å²) in [5.41, 5.74) is 2.71. The lowest BCUT2D eigenvalue weighted by molar-refractivity contribution is 0.317. The Morgan fingerprint density at radius 2 is 2.20 bits per heavy atom. The van der Waals surface area contributed by atoms with Gasteiger partial charge in [0.05, 0.1) is 12.4 Å². The van der Waals surface area contributed by atoms with Crippen LogP contribution in [0.5, 0.6) is 5.75 Å². The van der Waals surface area contributed by atoms with E-state index in [0.717, 1.165) is 25.1 Å². The smallest absolute Gasteiger partial charge is 0.147 e. The van der Waals surface area contributed by atoms with Gasteiger partial charge >= 0.3 is 0 Å². The fourth-order valence-corrected chi connectivity index (χ4v) is 3.30. The Labute approximate surface area is 121 Å². The van der Waals surface area contributed by atoms with Crippen molar-refractivity contribution in [2.45, 2.75) is 32.2 Å². The Bertz CT molecular complexity index is 554. The van der Waals surface area contributed by atoms with Gasteiger partial charge in [-0.3, -0.25) is 0 Å². The van der Waals surface area contributed by atoms with E-state index in [1.54, 1.807) is 0 Å². The summed E-state index contributed by atoms with van der Waals surface area (Å²) in [5.74, 6) is 1.02. The number of sulfone groups is 1. The summed E-state index contributed by atoms with van der Waals surface area (Å²) in [4.78, 5) is 0. The topological polar surface area (TPSA) is 55.4 Å². The molecule has 0 aliphatic heterocycles. The van der Waals surface area contributed by atoms with Crippen molar-refractivity contribution in [3.8, 4) is 5.75 Å². The molecular formula is C15H23NO3S. The number of hydrogen-bond acceptors (Lipinski definition) is 4. The van der Waals surface area contributed by atoms with Gasteiger partial charge in [0.1, 0.15) is 15.6 Å². The van der Waals surface area contributed by atoms with E-state index in [1.807, 2.05) is 6.07 Å². The summed E-state index contributed by atoms with van der Waals surface area (Å²) < 4.78 is 27.7. The zero-order valence-electron chi connectivity index (χ0n) is 12.2. The average Bonchev–Trinajstić information content (AvgIpc) is 2.77. The molecule has 5 heteroatoms. The van der Waals surface area contributed by atoms with Crippen molar-refractivity contribution < 1.29 is 13.2 Å². The SMILES string of the molecule is CCNC1CCc2cc(OCCCS(C)(=O)=O)ccc21. The van der Waals surface area contributed by atoms with Gasteiger partial charge in [0.15, 0.2) is 0 Å². The molecule has 0 spiro atoms. The van der Waals surface area contributed by atoms with E-state index in [1.165, 1.54) is 17.4 Å². The number of fused-ring (bicyclic) bond motifs is 1. The second-order valence-electron chi connectivity index (χ2n) is 5.34. The highest BCUT2D eigenvalue weighted by Gasteiger charge is 2.21. The molecule has 1 aliphatic rings. The van der Waals surface area contributed by atoms with Gasteiger partial charge in [-0.15, -0.1) is 0 Å². The molecular weight excluding hydrogens is 274 g/mol. The maximum Gasteiger partial charge on any atom is 0.147 e. The molecule has 1 aliphatic carbocycles. The predicted octanol–water partition coefficient (Wildman–Crippen LogP) is 2.10. The first-order valence-corrected chi connectivity index (χ1v) is 9.22. The lowest BCUT2D eigenvalue weighted by Gasteiger charge is -2.13. The Kier molecular flexibility index (Phi) is 5.05. The van der Waals surface area contributed by atoms with Gasteiger partial charge in [0.25, 0.3) is 0 Å². The lowest BCUT2D eigenvalue weighted by atomic mass is 10.1. The van der Waals surface area contributed by atoms with Crippen molar-refractivity contribution >= 4 is 9.84 Å². The molecule has 1 N–H and O–H groups in total. The number of hydrogen-bond donors (Lipinski definition) is 1. The van der Waals surface area contributed by atoms with Crippen LogP contribution in [0.4, 0.5) is 0 Å². The molecule has 0 bridgehead atoms. The molecule has 0 radical (unpaired) electrons. The fourth-order valence-electron chi connectivity index (χ4n) is 2.65. The third-order valence-corrected chi connectivity index (χ3v) is 4.60. The zero-order chi connectivity index (χ0) is 14.6. The highest BCUT2D eigenvalue weighted by atomic mass is 32.2. The molecule has 0 saturated heterocycles. The van der Waals surface area contributed by atoms with Gasteiger partial charge in [-0.2, -0.15) is 0 Å². The summed E-state index contributed by atoms with van der Waals surface area (Å²) in [6, 6.07) is 6.66. The first kappa shape index (κ1) is 15.3. The van der Waals surface area contributed by atoms with Crippen LogP contribution in [0.25, 0.3) is 0 Å². The van der Waals surface area contributed by atoms with E-state index >= 15 is 0 Å². The van der Waals surface area contributed by atoms with Gasteiger partial charge in [-0.05, 0) is 49.1 Å².